The summed E-state index contributed by atoms with van der Waals surface area (Å²) in [6.45, 7) is 9.59. The first-order valence-corrected chi connectivity index (χ1v) is 13.5. The molecular formula is C24H24I3O+. The molecule has 0 aliphatic carbocycles. The average Bonchev–Trinajstić information content (AvgIpc) is 2.63. The third-order valence-corrected chi connectivity index (χ3v) is 9.27. The van der Waals surface area contributed by atoms with Gasteiger partial charge in [0.1, 0.15) is 12.4 Å². The molecule has 0 bridgehead atoms. The van der Waals surface area contributed by atoms with Crippen LogP contribution < -0.4 is 25.9 Å². The molecular weight excluding hydrogens is 685 g/mol. The van der Waals surface area contributed by atoms with E-state index in [0.717, 1.165) is 5.75 Å². The highest BCUT2D eigenvalue weighted by Gasteiger charge is 2.20. The Morgan fingerprint density at radius 3 is 2.21 bits per heavy atom. The Kier molecular flexibility index (Phi) is 7.69. The molecule has 0 fully saturated rings. The summed E-state index contributed by atoms with van der Waals surface area (Å²) in [4.78, 5) is 0. The Morgan fingerprint density at radius 2 is 1.61 bits per heavy atom. The van der Waals surface area contributed by atoms with Crippen LogP contribution in [0.25, 0.3) is 0 Å². The molecule has 3 rings (SSSR count). The molecule has 0 atom stereocenters. The summed E-state index contributed by atoms with van der Waals surface area (Å²) in [6.07, 6.45) is 0. The third kappa shape index (κ3) is 6.08. The van der Waals surface area contributed by atoms with Crippen LogP contribution in [0.4, 0.5) is 0 Å². The van der Waals surface area contributed by atoms with E-state index in [1.54, 1.807) is 0 Å². The second kappa shape index (κ2) is 9.64. The van der Waals surface area contributed by atoms with Gasteiger partial charge in [-0.3, -0.25) is 0 Å². The SMILES string of the molecule is Cc1cc(OCc2ccc(I)cc2I)ccc1[I+]c1ccc(C(C)(C)C)cc1. The molecule has 146 valence electrons. The molecule has 0 saturated carbocycles. The summed E-state index contributed by atoms with van der Waals surface area (Å²) in [7, 11) is 0. The summed E-state index contributed by atoms with van der Waals surface area (Å²) in [6, 6.07) is 22.2. The van der Waals surface area contributed by atoms with Crippen LogP contribution in [-0.2, 0) is 12.0 Å². The monoisotopic (exact) mass is 709 g/mol. The van der Waals surface area contributed by atoms with Crippen molar-refractivity contribution >= 4 is 45.2 Å². The molecule has 0 spiro atoms. The fourth-order valence-electron chi connectivity index (χ4n) is 2.74. The maximum Gasteiger partial charge on any atom is 0.358 e. The summed E-state index contributed by atoms with van der Waals surface area (Å²) in [5.74, 6) is 0.947. The molecule has 0 heterocycles. The maximum atomic E-state index is 6.06. The van der Waals surface area contributed by atoms with E-state index in [0.29, 0.717) is 6.61 Å². The first-order valence-electron chi connectivity index (χ1n) is 9.15. The standard InChI is InChI=1S/C24H24I3O/c1-16-13-21(28-15-17-5-8-19(25)14-22(17)26)11-12-23(16)27-20-9-6-18(7-10-20)24(2,3)4/h5-14H,15H2,1-4H3/q+1. The van der Waals surface area contributed by atoms with Crippen LogP contribution in [0.2, 0.25) is 0 Å². The van der Waals surface area contributed by atoms with E-state index in [2.05, 4.69) is 134 Å². The van der Waals surface area contributed by atoms with Gasteiger partial charge in [0, 0.05) is 18.3 Å². The molecule has 0 unspecified atom stereocenters. The van der Waals surface area contributed by atoms with Crippen molar-refractivity contribution in [2.24, 2.45) is 0 Å². The van der Waals surface area contributed by atoms with E-state index in [1.165, 1.54) is 31.0 Å². The number of hydrogen-bond acceptors (Lipinski definition) is 1. The predicted octanol–water partition coefficient (Wildman–Crippen LogP) is 4.21. The van der Waals surface area contributed by atoms with Crippen molar-refractivity contribution in [2.45, 2.75) is 39.7 Å². The zero-order valence-electron chi connectivity index (χ0n) is 16.5. The summed E-state index contributed by atoms with van der Waals surface area (Å²) in [5.41, 5.74) is 4.16. The molecule has 0 aliphatic heterocycles. The minimum absolute atomic E-state index is 0.176. The van der Waals surface area contributed by atoms with Gasteiger partial charge in [-0.25, -0.2) is 0 Å². The zero-order valence-corrected chi connectivity index (χ0v) is 23.0. The molecule has 4 heteroatoms. The fourth-order valence-corrected chi connectivity index (χ4v) is 6.83. The van der Waals surface area contributed by atoms with Gasteiger partial charge >= 0.3 is 21.2 Å². The van der Waals surface area contributed by atoms with Gasteiger partial charge in [0.2, 0.25) is 0 Å². The van der Waals surface area contributed by atoms with Gasteiger partial charge in [0.15, 0.2) is 7.14 Å². The van der Waals surface area contributed by atoms with E-state index in [1.807, 2.05) is 0 Å². The highest BCUT2D eigenvalue weighted by Crippen LogP contribution is 2.21. The summed E-state index contributed by atoms with van der Waals surface area (Å²) >= 11 is 4.55. The summed E-state index contributed by atoms with van der Waals surface area (Å²) < 4.78 is 11.5. The Hall–Kier alpha value is -0.350. The van der Waals surface area contributed by atoms with Crippen molar-refractivity contribution in [2.75, 3.05) is 0 Å². The van der Waals surface area contributed by atoms with Crippen LogP contribution in [0.1, 0.15) is 37.5 Å². The third-order valence-electron chi connectivity index (χ3n) is 4.46. The Bertz CT molecular complexity index is 957. The van der Waals surface area contributed by atoms with Gasteiger partial charge in [-0.05, 0) is 106 Å². The van der Waals surface area contributed by atoms with Crippen molar-refractivity contribution in [1.29, 1.82) is 0 Å². The number of benzene rings is 3. The van der Waals surface area contributed by atoms with Crippen LogP contribution in [0.15, 0.2) is 60.7 Å². The van der Waals surface area contributed by atoms with Gasteiger partial charge in [-0.15, -0.1) is 0 Å². The lowest BCUT2D eigenvalue weighted by molar-refractivity contribution is -0.598. The Morgan fingerprint density at radius 1 is 0.893 bits per heavy atom. The first-order chi connectivity index (χ1) is 13.2. The van der Waals surface area contributed by atoms with Gasteiger partial charge < -0.3 is 4.74 Å². The van der Waals surface area contributed by atoms with Crippen molar-refractivity contribution in [3.05, 3.63) is 91.6 Å². The Balaban J connectivity index is 1.67. The topological polar surface area (TPSA) is 9.23 Å². The fraction of sp³-hybridized carbons (Fsp3) is 0.250. The minimum atomic E-state index is -0.176. The summed E-state index contributed by atoms with van der Waals surface area (Å²) in [5, 5.41) is 0. The van der Waals surface area contributed by atoms with Gasteiger partial charge in [0.25, 0.3) is 0 Å². The van der Waals surface area contributed by atoms with Gasteiger partial charge in [-0.2, -0.15) is 0 Å². The molecule has 0 saturated heterocycles. The second-order valence-electron chi connectivity index (χ2n) is 7.79. The van der Waals surface area contributed by atoms with Crippen molar-refractivity contribution in [3.63, 3.8) is 0 Å². The minimum Gasteiger partial charge on any atom is -0.489 e. The molecule has 0 aromatic heterocycles. The van der Waals surface area contributed by atoms with Gasteiger partial charge in [0.05, 0.1) is 0 Å². The largest absolute Gasteiger partial charge is 0.489 e. The number of ether oxygens (including phenoxy) is 1. The number of hydrogen-bond donors (Lipinski definition) is 0. The van der Waals surface area contributed by atoms with Crippen molar-refractivity contribution in [3.8, 4) is 5.75 Å². The maximum absolute atomic E-state index is 6.06. The second-order valence-corrected chi connectivity index (χ2v) is 13.1. The smallest absolute Gasteiger partial charge is 0.358 e. The van der Waals surface area contributed by atoms with Crippen LogP contribution in [0, 0.1) is 21.2 Å². The van der Waals surface area contributed by atoms with Crippen LogP contribution in [0.5, 0.6) is 5.75 Å². The van der Waals surface area contributed by atoms with E-state index in [4.69, 9.17) is 4.74 Å². The highest BCUT2D eigenvalue weighted by atomic mass is 127. The van der Waals surface area contributed by atoms with Crippen LogP contribution in [-0.4, -0.2) is 0 Å². The molecule has 28 heavy (non-hydrogen) atoms. The molecule has 3 aromatic rings. The van der Waals surface area contributed by atoms with Crippen LogP contribution in [0.3, 0.4) is 0 Å². The number of aryl methyl sites for hydroxylation is 1. The molecule has 0 radical (unpaired) electrons. The van der Waals surface area contributed by atoms with E-state index in [9.17, 15) is 0 Å². The molecule has 0 N–H and O–H groups in total. The molecule has 1 nitrogen and oxygen atoms in total. The lowest BCUT2D eigenvalue weighted by Crippen LogP contribution is -3.61. The average molecular weight is 709 g/mol. The van der Waals surface area contributed by atoms with Crippen LogP contribution >= 0.6 is 45.2 Å². The number of halogens is 3. The van der Waals surface area contributed by atoms with Gasteiger partial charge in [-0.1, -0.05) is 39.0 Å². The predicted molar refractivity (Wildman–Crippen MR) is 130 cm³/mol. The highest BCUT2D eigenvalue weighted by molar-refractivity contribution is 14.1. The first kappa shape index (κ1) is 22.3. The normalized spacial score (nSPS) is 11.5. The quantitative estimate of drug-likeness (QED) is 0.362. The number of rotatable bonds is 5. The zero-order chi connectivity index (χ0) is 20.3. The molecule has 0 amide bonds. The Labute approximate surface area is 206 Å². The van der Waals surface area contributed by atoms with E-state index < -0.39 is 0 Å². The lowest BCUT2D eigenvalue weighted by Gasteiger charge is -2.18. The lowest BCUT2D eigenvalue weighted by atomic mass is 9.87. The van der Waals surface area contributed by atoms with Crippen molar-refractivity contribution in [1.82, 2.24) is 0 Å². The van der Waals surface area contributed by atoms with E-state index >= 15 is 0 Å². The van der Waals surface area contributed by atoms with E-state index in [-0.39, 0.29) is 26.6 Å². The van der Waals surface area contributed by atoms with Crippen molar-refractivity contribution < 1.29 is 25.9 Å². The molecule has 0 aliphatic rings. The molecule has 3 aromatic carbocycles.